The van der Waals surface area contributed by atoms with Gasteiger partial charge < -0.3 is 9.64 Å². The summed E-state index contributed by atoms with van der Waals surface area (Å²) in [6.07, 6.45) is 4.27. The molecule has 2 bridgehead atoms. The highest BCUT2D eigenvalue weighted by Crippen LogP contribution is 2.32. The second-order valence-electron chi connectivity index (χ2n) is 5.89. The first-order chi connectivity index (χ1) is 9.81. The van der Waals surface area contributed by atoms with Crippen molar-refractivity contribution in [3.05, 3.63) is 35.9 Å². The summed E-state index contributed by atoms with van der Waals surface area (Å²) >= 11 is 0. The van der Waals surface area contributed by atoms with E-state index in [4.69, 9.17) is 4.74 Å². The number of morpholine rings is 1. The quantitative estimate of drug-likeness (QED) is 0.847. The van der Waals surface area contributed by atoms with Crippen LogP contribution in [0.4, 0.5) is 0 Å². The van der Waals surface area contributed by atoms with Crippen LogP contribution in [0.3, 0.4) is 0 Å². The van der Waals surface area contributed by atoms with Crippen LogP contribution in [-0.2, 0) is 9.53 Å². The second kappa shape index (κ2) is 5.96. The van der Waals surface area contributed by atoms with Gasteiger partial charge in [-0.3, -0.25) is 4.79 Å². The van der Waals surface area contributed by atoms with Crippen LogP contribution in [0.25, 0.3) is 0 Å². The number of rotatable bonds is 3. The number of piperidine rings is 1. The summed E-state index contributed by atoms with van der Waals surface area (Å²) in [4.78, 5) is 15.2. The van der Waals surface area contributed by atoms with Crippen molar-refractivity contribution in [3.8, 4) is 0 Å². The van der Waals surface area contributed by atoms with Crippen molar-refractivity contribution in [2.24, 2.45) is 0 Å². The molecule has 2 heterocycles. The molecule has 3 atom stereocenters. The lowest BCUT2D eigenvalue weighted by Crippen LogP contribution is -2.58. The summed E-state index contributed by atoms with van der Waals surface area (Å²) in [7, 11) is 0. The van der Waals surface area contributed by atoms with Gasteiger partial charge in [-0.05, 0) is 31.2 Å². The minimum absolute atomic E-state index is 0.00241. The number of amides is 1. The van der Waals surface area contributed by atoms with Gasteiger partial charge in [-0.1, -0.05) is 37.3 Å². The maximum absolute atomic E-state index is 13.0. The monoisotopic (exact) mass is 273 g/mol. The SMILES string of the molecule is CC[C@@H](C(=O)N1[C@@H]2CCC[C@@H]1COC2)c1ccccc1. The molecule has 0 aromatic heterocycles. The van der Waals surface area contributed by atoms with Crippen LogP contribution in [0.5, 0.6) is 0 Å². The average molecular weight is 273 g/mol. The van der Waals surface area contributed by atoms with E-state index < -0.39 is 0 Å². The lowest BCUT2D eigenvalue weighted by atomic mass is 9.89. The normalized spacial score (nSPS) is 27.1. The van der Waals surface area contributed by atoms with E-state index in [0.29, 0.717) is 31.2 Å². The van der Waals surface area contributed by atoms with Crippen molar-refractivity contribution in [1.29, 1.82) is 0 Å². The third-order valence-electron chi connectivity index (χ3n) is 4.64. The third kappa shape index (κ3) is 2.47. The van der Waals surface area contributed by atoms with Crippen molar-refractivity contribution in [2.45, 2.75) is 50.6 Å². The number of hydrogen-bond donors (Lipinski definition) is 0. The molecule has 3 heteroatoms. The molecule has 1 amide bonds. The number of fused-ring (bicyclic) bond motifs is 2. The van der Waals surface area contributed by atoms with Gasteiger partial charge in [0.1, 0.15) is 0 Å². The predicted molar refractivity (Wildman–Crippen MR) is 78.6 cm³/mol. The second-order valence-corrected chi connectivity index (χ2v) is 5.89. The number of carbonyl (C=O) groups is 1. The molecule has 108 valence electrons. The van der Waals surface area contributed by atoms with Crippen LogP contribution >= 0.6 is 0 Å². The van der Waals surface area contributed by atoms with Crippen LogP contribution in [0.15, 0.2) is 30.3 Å². The van der Waals surface area contributed by atoms with Crippen molar-refractivity contribution in [2.75, 3.05) is 13.2 Å². The van der Waals surface area contributed by atoms with Crippen molar-refractivity contribution in [3.63, 3.8) is 0 Å². The predicted octanol–water partition coefficient (Wildman–Crippen LogP) is 2.96. The summed E-state index contributed by atoms with van der Waals surface area (Å²) in [5.41, 5.74) is 1.14. The molecule has 0 N–H and O–H groups in total. The Hall–Kier alpha value is -1.35. The Bertz CT molecular complexity index is 437. The van der Waals surface area contributed by atoms with E-state index in [1.165, 1.54) is 6.42 Å². The molecular weight excluding hydrogens is 250 g/mol. The summed E-state index contributed by atoms with van der Waals surface area (Å²) in [6, 6.07) is 10.8. The molecule has 0 radical (unpaired) electrons. The van der Waals surface area contributed by atoms with Gasteiger partial charge in [0.05, 0.1) is 31.2 Å². The minimum atomic E-state index is -0.00241. The van der Waals surface area contributed by atoms with Crippen LogP contribution in [0.2, 0.25) is 0 Å². The highest BCUT2D eigenvalue weighted by molar-refractivity contribution is 5.84. The number of hydrogen-bond acceptors (Lipinski definition) is 2. The Morgan fingerprint density at radius 2 is 1.90 bits per heavy atom. The molecule has 3 rings (SSSR count). The smallest absolute Gasteiger partial charge is 0.230 e. The molecule has 0 unspecified atom stereocenters. The van der Waals surface area contributed by atoms with E-state index in [9.17, 15) is 4.79 Å². The van der Waals surface area contributed by atoms with E-state index in [2.05, 4.69) is 24.0 Å². The van der Waals surface area contributed by atoms with Crippen LogP contribution < -0.4 is 0 Å². The Balaban J connectivity index is 1.83. The fourth-order valence-electron chi connectivity index (χ4n) is 3.61. The van der Waals surface area contributed by atoms with Gasteiger partial charge >= 0.3 is 0 Å². The molecule has 2 aliphatic rings. The Morgan fingerprint density at radius 1 is 1.25 bits per heavy atom. The number of nitrogens with zero attached hydrogens (tertiary/aromatic N) is 1. The van der Waals surface area contributed by atoms with E-state index >= 15 is 0 Å². The van der Waals surface area contributed by atoms with Crippen LogP contribution in [-0.4, -0.2) is 36.1 Å². The van der Waals surface area contributed by atoms with Crippen LogP contribution in [0, 0.1) is 0 Å². The van der Waals surface area contributed by atoms with Crippen LogP contribution in [0.1, 0.15) is 44.1 Å². The molecule has 3 nitrogen and oxygen atoms in total. The third-order valence-corrected chi connectivity index (χ3v) is 4.64. The van der Waals surface area contributed by atoms with Gasteiger partial charge in [-0.15, -0.1) is 0 Å². The molecule has 1 aromatic rings. The molecule has 20 heavy (non-hydrogen) atoms. The molecular formula is C17H23NO2. The Kier molecular flexibility index (Phi) is 4.06. The lowest BCUT2D eigenvalue weighted by molar-refractivity contribution is -0.152. The Labute approximate surface area is 120 Å². The van der Waals surface area contributed by atoms with E-state index in [-0.39, 0.29) is 5.92 Å². The first kappa shape index (κ1) is 13.6. The average Bonchev–Trinajstić information content (AvgIpc) is 2.48. The molecule has 0 saturated carbocycles. The topological polar surface area (TPSA) is 29.5 Å². The summed E-state index contributed by atoms with van der Waals surface area (Å²) in [6.45, 7) is 3.53. The first-order valence-electron chi connectivity index (χ1n) is 7.76. The van der Waals surface area contributed by atoms with E-state index in [1.807, 2.05) is 18.2 Å². The van der Waals surface area contributed by atoms with Crippen molar-refractivity contribution in [1.82, 2.24) is 4.90 Å². The molecule has 2 saturated heterocycles. The molecule has 2 aliphatic heterocycles. The van der Waals surface area contributed by atoms with Gasteiger partial charge in [0.2, 0.25) is 5.91 Å². The van der Waals surface area contributed by atoms with E-state index in [1.54, 1.807) is 0 Å². The van der Waals surface area contributed by atoms with Gasteiger partial charge in [-0.2, -0.15) is 0 Å². The van der Waals surface area contributed by atoms with Crippen molar-refractivity contribution >= 4 is 5.91 Å². The molecule has 1 aromatic carbocycles. The highest BCUT2D eigenvalue weighted by atomic mass is 16.5. The van der Waals surface area contributed by atoms with Gasteiger partial charge in [-0.25, -0.2) is 0 Å². The maximum Gasteiger partial charge on any atom is 0.230 e. The molecule has 0 aliphatic carbocycles. The van der Waals surface area contributed by atoms with Gasteiger partial charge in [0.25, 0.3) is 0 Å². The zero-order chi connectivity index (χ0) is 13.9. The number of benzene rings is 1. The first-order valence-corrected chi connectivity index (χ1v) is 7.76. The van der Waals surface area contributed by atoms with Crippen molar-refractivity contribution < 1.29 is 9.53 Å². The minimum Gasteiger partial charge on any atom is -0.377 e. The zero-order valence-corrected chi connectivity index (χ0v) is 12.1. The largest absolute Gasteiger partial charge is 0.377 e. The molecule has 0 spiro atoms. The standard InChI is InChI=1S/C17H23NO2/c1-2-16(13-7-4-3-5-8-13)17(19)18-14-9-6-10-15(18)12-20-11-14/h3-5,7-8,14-16H,2,6,9-12H2,1H3/t14-,15-,16-/m1/s1. The maximum atomic E-state index is 13.0. The fourth-order valence-corrected chi connectivity index (χ4v) is 3.61. The Morgan fingerprint density at radius 3 is 2.50 bits per heavy atom. The zero-order valence-electron chi connectivity index (χ0n) is 12.1. The highest BCUT2D eigenvalue weighted by Gasteiger charge is 2.39. The summed E-state index contributed by atoms with van der Waals surface area (Å²) in [5.74, 6) is 0.300. The number of carbonyl (C=O) groups excluding carboxylic acids is 1. The lowest BCUT2D eigenvalue weighted by Gasteiger charge is -2.47. The van der Waals surface area contributed by atoms with Gasteiger partial charge in [0.15, 0.2) is 0 Å². The van der Waals surface area contributed by atoms with E-state index in [0.717, 1.165) is 24.8 Å². The molecule has 2 fully saturated rings. The summed E-state index contributed by atoms with van der Waals surface area (Å²) < 4.78 is 5.64. The van der Waals surface area contributed by atoms with Gasteiger partial charge in [0, 0.05) is 0 Å². The number of ether oxygens (including phenoxy) is 1. The summed E-state index contributed by atoms with van der Waals surface area (Å²) in [5, 5.41) is 0. The fraction of sp³-hybridized carbons (Fsp3) is 0.588.